The van der Waals surface area contributed by atoms with Gasteiger partial charge in [0.1, 0.15) is 5.75 Å². The highest BCUT2D eigenvalue weighted by Gasteiger charge is 2.03. The summed E-state index contributed by atoms with van der Waals surface area (Å²) in [6, 6.07) is 15.1. The lowest BCUT2D eigenvalue weighted by molar-refractivity contribution is 0.475. The molecule has 0 aliphatic heterocycles. The number of nitrogens with zero attached hydrogens (tertiary/aromatic N) is 3. The highest BCUT2D eigenvalue weighted by molar-refractivity contribution is 7.14. The standard InChI is InChI=1S/C18H18N4OS/c1-22(2)15-7-3-13(4-8-15)11-19-21-18-20-17(12-24-18)14-5-9-16(23)10-6-14/h3-12,23H,1-2H3,(H,20,21)/b19-11-. The van der Waals surface area contributed by atoms with Crippen molar-refractivity contribution in [3.63, 3.8) is 0 Å². The molecule has 0 saturated heterocycles. The monoisotopic (exact) mass is 338 g/mol. The first-order valence-electron chi connectivity index (χ1n) is 7.43. The van der Waals surface area contributed by atoms with Crippen molar-refractivity contribution >= 4 is 28.4 Å². The molecule has 6 heteroatoms. The summed E-state index contributed by atoms with van der Waals surface area (Å²) in [4.78, 5) is 6.54. The predicted octanol–water partition coefficient (Wildman–Crippen LogP) is 4.03. The van der Waals surface area contributed by atoms with Crippen LogP contribution in [0.5, 0.6) is 5.75 Å². The molecular weight excluding hydrogens is 320 g/mol. The Bertz CT molecular complexity index is 823. The maximum atomic E-state index is 9.33. The average Bonchev–Trinajstić information content (AvgIpc) is 3.05. The van der Waals surface area contributed by atoms with Gasteiger partial charge in [0.25, 0.3) is 0 Å². The molecule has 0 aliphatic rings. The number of thiazole rings is 1. The predicted molar refractivity (Wildman–Crippen MR) is 101 cm³/mol. The normalized spacial score (nSPS) is 10.9. The molecule has 1 aromatic heterocycles. The molecule has 0 aliphatic carbocycles. The number of phenolic OH excluding ortho intramolecular Hbond substituents is 1. The Morgan fingerprint density at radius 3 is 2.46 bits per heavy atom. The fourth-order valence-electron chi connectivity index (χ4n) is 2.11. The number of phenols is 1. The number of hydrogen-bond acceptors (Lipinski definition) is 6. The van der Waals surface area contributed by atoms with Gasteiger partial charge in [0.15, 0.2) is 0 Å². The van der Waals surface area contributed by atoms with Crippen LogP contribution in [0.1, 0.15) is 5.56 Å². The number of aromatic nitrogens is 1. The van der Waals surface area contributed by atoms with E-state index in [4.69, 9.17) is 0 Å². The molecule has 0 unspecified atom stereocenters. The summed E-state index contributed by atoms with van der Waals surface area (Å²) in [5.41, 5.74) is 6.93. The Labute approximate surface area is 144 Å². The maximum absolute atomic E-state index is 9.33. The summed E-state index contributed by atoms with van der Waals surface area (Å²) in [5, 5.41) is 16.2. The average molecular weight is 338 g/mol. The van der Waals surface area contributed by atoms with Crippen LogP contribution in [0.25, 0.3) is 11.3 Å². The van der Waals surface area contributed by atoms with Crippen LogP contribution < -0.4 is 10.3 Å². The topological polar surface area (TPSA) is 60.8 Å². The van der Waals surface area contributed by atoms with Gasteiger partial charge in [-0.2, -0.15) is 5.10 Å². The molecule has 3 aromatic rings. The van der Waals surface area contributed by atoms with Crippen molar-refractivity contribution in [2.45, 2.75) is 0 Å². The van der Waals surface area contributed by atoms with E-state index in [1.165, 1.54) is 11.3 Å². The molecule has 0 radical (unpaired) electrons. The molecule has 0 atom stereocenters. The second-order valence-corrected chi connectivity index (χ2v) is 6.30. The third-order valence-corrected chi connectivity index (χ3v) is 4.20. The summed E-state index contributed by atoms with van der Waals surface area (Å²) in [7, 11) is 4.03. The Balaban J connectivity index is 1.63. The van der Waals surface area contributed by atoms with Crippen LogP contribution in [0.2, 0.25) is 0 Å². The molecular formula is C18H18N4OS. The smallest absolute Gasteiger partial charge is 0.203 e. The Morgan fingerprint density at radius 1 is 1.08 bits per heavy atom. The first kappa shape index (κ1) is 16.0. The van der Waals surface area contributed by atoms with Crippen LogP contribution in [-0.4, -0.2) is 30.4 Å². The van der Waals surface area contributed by atoms with Gasteiger partial charge in [0.2, 0.25) is 5.13 Å². The van der Waals surface area contributed by atoms with Crippen LogP contribution in [-0.2, 0) is 0 Å². The first-order valence-corrected chi connectivity index (χ1v) is 8.31. The van der Waals surface area contributed by atoms with E-state index < -0.39 is 0 Å². The molecule has 0 saturated carbocycles. The molecule has 5 nitrogen and oxygen atoms in total. The van der Waals surface area contributed by atoms with Crippen molar-refractivity contribution in [3.05, 3.63) is 59.5 Å². The summed E-state index contributed by atoms with van der Waals surface area (Å²) in [5.74, 6) is 0.247. The third-order valence-electron chi connectivity index (χ3n) is 3.45. The van der Waals surface area contributed by atoms with Gasteiger partial charge in [-0.25, -0.2) is 4.98 Å². The van der Waals surface area contributed by atoms with Crippen molar-refractivity contribution in [2.24, 2.45) is 5.10 Å². The summed E-state index contributed by atoms with van der Waals surface area (Å²) < 4.78 is 0. The van der Waals surface area contributed by atoms with Gasteiger partial charge in [-0.05, 0) is 42.0 Å². The lowest BCUT2D eigenvalue weighted by Crippen LogP contribution is -2.08. The minimum absolute atomic E-state index is 0.247. The van der Waals surface area contributed by atoms with Crippen LogP contribution in [0, 0.1) is 0 Å². The van der Waals surface area contributed by atoms with Crippen molar-refractivity contribution in [3.8, 4) is 17.0 Å². The number of hydrogen-bond donors (Lipinski definition) is 2. The van der Waals surface area contributed by atoms with E-state index in [9.17, 15) is 5.11 Å². The zero-order chi connectivity index (χ0) is 16.9. The van der Waals surface area contributed by atoms with Crippen molar-refractivity contribution in [2.75, 3.05) is 24.4 Å². The maximum Gasteiger partial charge on any atom is 0.203 e. The lowest BCUT2D eigenvalue weighted by atomic mass is 10.2. The van der Waals surface area contributed by atoms with Gasteiger partial charge in [0.05, 0.1) is 11.9 Å². The lowest BCUT2D eigenvalue weighted by Gasteiger charge is -2.11. The van der Waals surface area contributed by atoms with Crippen LogP contribution in [0.4, 0.5) is 10.8 Å². The van der Waals surface area contributed by atoms with E-state index >= 15 is 0 Å². The van der Waals surface area contributed by atoms with E-state index in [-0.39, 0.29) is 5.75 Å². The molecule has 1 heterocycles. The summed E-state index contributed by atoms with van der Waals surface area (Å²) in [6.07, 6.45) is 1.76. The Morgan fingerprint density at radius 2 is 1.79 bits per heavy atom. The van der Waals surface area contributed by atoms with Gasteiger partial charge in [-0.1, -0.05) is 12.1 Å². The van der Waals surface area contributed by atoms with Gasteiger partial charge >= 0.3 is 0 Å². The number of aromatic hydroxyl groups is 1. The molecule has 122 valence electrons. The number of rotatable bonds is 5. The van der Waals surface area contributed by atoms with Gasteiger partial charge in [-0.3, -0.25) is 5.43 Å². The summed E-state index contributed by atoms with van der Waals surface area (Å²) in [6.45, 7) is 0. The molecule has 2 aromatic carbocycles. The van der Waals surface area contributed by atoms with Gasteiger partial charge in [0, 0.05) is 30.7 Å². The highest BCUT2D eigenvalue weighted by Crippen LogP contribution is 2.26. The van der Waals surface area contributed by atoms with E-state index in [0.29, 0.717) is 0 Å². The van der Waals surface area contributed by atoms with Crippen molar-refractivity contribution in [1.29, 1.82) is 0 Å². The minimum Gasteiger partial charge on any atom is -0.508 e. The molecule has 0 amide bonds. The summed E-state index contributed by atoms with van der Waals surface area (Å²) >= 11 is 1.48. The molecule has 0 fully saturated rings. The number of hydrazone groups is 1. The zero-order valence-corrected chi connectivity index (χ0v) is 14.3. The largest absolute Gasteiger partial charge is 0.508 e. The van der Waals surface area contributed by atoms with E-state index in [1.54, 1.807) is 18.3 Å². The Kier molecular flexibility index (Phi) is 4.77. The second kappa shape index (κ2) is 7.14. The van der Waals surface area contributed by atoms with Crippen molar-refractivity contribution < 1.29 is 5.11 Å². The highest BCUT2D eigenvalue weighted by atomic mass is 32.1. The second-order valence-electron chi connectivity index (χ2n) is 5.44. The molecule has 0 bridgehead atoms. The minimum atomic E-state index is 0.247. The SMILES string of the molecule is CN(C)c1ccc(/C=N\Nc2nc(-c3ccc(O)cc3)cs2)cc1. The van der Waals surface area contributed by atoms with Gasteiger partial charge in [-0.15, -0.1) is 11.3 Å². The quantitative estimate of drug-likeness (QED) is 0.545. The number of nitrogens with one attached hydrogen (secondary N) is 1. The first-order chi connectivity index (χ1) is 11.6. The Hall–Kier alpha value is -2.86. The number of benzene rings is 2. The van der Waals surface area contributed by atoms with E-state index in [1.807, 2.05) is 55.9 Å². The van der Waals surface area contributed by atoms with Crippen LogP contribution in [0.15, 0.2) is 59.0 Å². The van der Waals surface area contributed by atoms with Crippen molar-refractivity contribution in [1.82, 2.24) is 4.98 Å². The molecule has 0 spiro atoms. The fraction of sp³-hybridized carbons (Fsp3) is 0.111. The molecule has 3 rings (SSSR count). The molecule has 24 heavy (non-hydrogen) atoms. The van der Waals surface area contributed by atoms with Crippen LogP contribution in [0.3, 0.4) is 0 Å². The van der Waals surface area contributed by atoms with Gasteiger partial charge < -0.3 is 10.0 Å². The molecule has 2 N–H and O–H groups in total. The van der Waals surface area contributed by atoms with E-state index in [0.717, 1.165) is 27.6 Å². The fourth-order valence-corrected chi connectivity index (χ4v) is 2.78. The third kappa shape index (κ3) is 3.91. The number of anilines is 2. The van der Waals surface area contributed by atoms with Crippen LogP contribution >= 0.6 is 11.3 Å². The zero-order valence-electron chi connectivity index (χ0n) is 13.5. The van der Waals surface area contributed by atoms with E-state index in [2.05, 4.69) is 20.4 Å².